The van der Waals surface area contributed by atoms with Crippen molar-refractivity contribution in [2.45, 2.75) is 59.4 Å². The molecule has 0 aliphatic rings. The number of aromatic nitrogens is 2. The van der Waals surface area contributed by atoms with Crippen molar-refractivity contribution < 1.29 is 0 Å². The Balaban J connectivity index is 2.53. The fourth-order valence-electron chi connectivity index (χ4n) is 2.17. The second-order valence-corrected chi connectivity index (χ2v) is 7.25. The van der Waals surface area contributed by atoms with Crippen molar-refractivity contribution in [1.82, 2.24) is 15.1 Å². The second kappa shape index (κ2) is 6.89. The van der Waals surface area contributed by atoms with Crippen LogP contribution in [0, 0.1) is 5.92 Å². The highest BCUT2D eigenvalue weighted by Gasteiger charge is 2.16. The van der Waals surface area contributed by atoms with Crippen LogP contribution < -0.4 is 5.32 Å². The maximum absolute atomic E-state index is 4.56. The van der Waals surface area contributed by atoms with Crippen LogP contribution in [0.2, 0.25) is 0 Å². The van der Waals surface area contributed by atoms with E-state index in [0.717, 1.165) is 25.1 Å². The zero-order valence-corrected chi connectivity index (χ0v) is 14.8. The molecule has 0 saturated heterocycles. The summed E-state index contributed by atoms with van der Waals surface area (Å²) in [5.41, 5.74) is 2.69. The zero-order chi connectivity index (χ0) is 14.6. The number of nitrogens with zero attached hydrogens (tertiary/aromatic N) is 2. The van der Waals surface area contributed by atoms with Gasteiger partial charge in [-0.3, -0.25) is 4.68 Å². The summed E-state index contributed by atoms with van der Waals surface area (Å²) >= 11 is 3.69. The molecule has 0 radical (unpaired) electrons. The van der Waals surface area contributed by atoms with Gasteiger partial charge in [0.2, 0.25) is 0 Å². The van der Waals surface area contributed by atoms with E-state index < -0.39 is 0 Å². The Morgan fingerprint density at radius 1 is 1.37 bits per heavy atom. The van der Waals surface area contributed by atoms with E-state index in [1.807, 2.05) is 11.7 Å². The van der Waals surface area contributed by atoms with Crippen molar-refractivity contribution in [3.63, 3.8) is 0 Å². The van der Waals surface area contributed by atoms with E-state index in [1.54, 1.807) is 0 Å². The smallest absolute Gasteiger partial charge is 0.0766 e. The first-order valence-corrected chi connectivity index (χ1v) is 7.99. The van der Waals surface area contributed by atoms with Crippen molar-refractivity contribution in [2.75, 3.05) is 6.54 Å². The standard InChI is InChI=1S/C15H28BrN3/c1-7-12-14(16)13(19(6)18-12)10-11(2)8-9-17-15(3,4)5/h11,17H,7-10H2,1-6H3. The van der Waals surface area contributed by atoms with Gasteiger partial charge in [-0.25, -0.2) is 0 Å². The van der Waals surface area contributed by atoms with Crippen LogP contribution in [0.15, 0.2) is 4.47 Å². The van der Waals surface area contributed by atoms with Crippen LogP contribution in [0.3, 0.4) is 0 Å². The first-order chi connectivity index (χ1) is 8.74. The van der Waals surface area contributed by atoms with Crippen LogP contribution in [0.4, 0.5) is 0 Å². The topological polar surface area (TPSA) is 29.9 Å². The Morgan fingerprint density at radius 2 is 2.00 bits per heavy atom. The van der Waals surface area contributed by atoms with E-state index in [9.17, 15) is 0 Å². The molecule has 1 rings (SSSR count). The minimum Gasteiger partial charge on any atom is -0.312 e. The summed E-state index contributed by atoms with van der Waals surface area (Å²) in [6.45, 7) is 12.2. The van der Waals surface area contributed by atoms with Crippen LogP contribution in [-0.2, 0) is 19.9 Å². The van der Waals surface area contributed by atoms with Gasteiger partial charge in [0.05, 0.1) is 15.9 Å². The number of aryl methyl sites for hydroxylation is 2. The number of hydrogen-bond donors (Lipinski definition) is 1. The van der Waals surface area contributed by atoms with Gasteiger partial charge in [0.1, 0.15) is 0 Å². The molecule has 0 bridgehead atoms. The summed E-state index contributed by atoms with van der Waals surface area (Å²) in [5.74, 6) is 0.659. The molecule has 19 heavy (non-hydrogen) atoms. The molecular formula is C15H28BrN3. The van der Waals surface area contributed by atoms with Gasteiger partial charge in [-0.05, 0) is 68.4 Å². The zero-order valence-electron chi connectivity index (χ0n) is 13.2. The Morgan fingerprint density at radius 3 is 2.47 bits per heavy atom. The number of nitrogens with one attached hydrogen (secondary N) is 1. The van der Waals surface area contributed by atoms with Gasteiger partial charge in [-0.2, -0.15) is 5.10 Å². The van der Waals surface area contributed by atoms with E-state index >= 15 is 0 Å². The van der Waals surface area contributed by atoms with Crippen LogP contribution in [0.25, 0.3) is 0 Å². The quantitative estimate of drug-likeness (QED) is 0.862. The molecule has 0 aromatic carbocycles. The molecule has 4 heteroatoms. The molecule has 1 aromatic heterocycles. The van der Waals surface area contributed by atoms with E-state index in [0.29, 0.717) is 5.92 Å². The number of rotatable bonds is 6. The normalized spacial score (nSPS) is 13.8. The average molecular weight is 330 g/mol. The van der Waals surface area contributed by atoms with Gasteiger partial charge in [-0.15, -0.1) is 0 Å². The number of halogens is 1. The molecule has 1 N–H and O–H groups in total. The lowest BCUT2D eigenvalue weighted by Crippen LogP contribution is -2.37. The third kappa shape index (κ3) is 5.27. The molecule has 0 aliphatic heterocycles. The third-order valence-corrected chi connectivity index (χ3v) is 4.25. The highest BCUT2D eigenvalue weighted by Crippen LogP contribution is 2.24. The molecule has 1 atom stereocenters. The van der Waals surface area contributed by atoms with Crippen molar-refractivity contribution >= 4 is 15.9 Å². The van der Waals surface area contributed by atoms with Gasteiger partial charge in [0, 0.05) is 12.6 Å². The lowest BCUT2D eigenvalue weighted by Gasteiger charge is -2.22. The fraction of sp³-hybridized carbons (Fsp3) is 0.800. The highest BCUT2D eigenvalue weighted by molar-refractivity contribution is 9.10. The Kier molecular flexibility index (Phi) is 6.06. The lowest BCUT2D eigenvalue weighted by molar-refractivity contribution is 0.391. The minimum absolute atomic E-state index is 0.211. The summed E-state index contributed by atoms with van der Waals surface area (Å²) in [6.07, 6.45) is 3.25. The van der Waals surface area contributed by atoms with Crippen LogP contribution in [0.5, 0.6) is 0 Å². The summed E-state index contributed by atoms with van der Waals surface area (Å²) in [6, 6.07) is 0. The molecule has 1 aromatic rings. The fourth-order valence-corrected chi connectivity index (χ4v) is 2.95. The monoisotopic (exact) mass is 329 g/mol. The van der Waals surface area contributed by atoms with Gasteiger partial charge in [0.15, 0.2) is 0 Å². The van der Waals surface area contributed by atoms with Gasteiger partial charge in [0.25, 0.3) is 0 Å². The predicted octanol–water partition coefficient (Wildman–Crippen LogP) is 3.70. The van der Waals surface area contributed by atoms with E-state index in [4.69, 9.17) is 0 Å². The molecule has 1 heterocycles. The summed E-state index contributed by atoms with van der Waals surface area (Å²) in [7, 11) is 2.04. The summed E-state index contributed by atoms with van der Waals surface area (Å²) < 4.78 is 3.23. The molecule has 110 valence electrons. The van der Waals surface area contributed by atoms with Crippen molar-refractivity contribution in [2.24, 2.45) is 13.0 Å². The van der Waals surface area contributed by atoms with Crippen molar-refractivity contribution in [1.29, 1.82) is 0 Å². The number of hydrogen-bond acceptors (Lipinski definition) is 2. The largest absolute Gasteiger partial charge is 0.312 e. The van der Waals surface area contributed by atoms with Crippen LogP contribution in [0.1, 0.15) is 52.4 Å². The van der Waals surface area contributed by atoms with E-state index in [-0.39, 0.29) is 5.54 Å². The van der Waals surface area contributed by atoms with Crippen molar-refractivity contribution in [3.05, 3.63) is 15.9 Å². The van der Waals surface area contributed by atoms with Gasteiger partial charge < -0.3 is 5.32 Å². The minimum atomic E-state index is 0.211. The third-order valence-electron chi connectivity index (χ3n) is 3.34. The molecular weight excluding hydrogens is 302 g/mol. The molecule has 0 amide bonds. The first kappa shape index (κ1) is 16.7. The molecule has 0 spiro atoms. The molecule has 1 unspecified atom stereocenters. The SMILES string of the molecule is CCc1nn(C)c(CC(C)CCNC(C)(C)C)c1Br. The first-order valence-electron chi connectivity index (χ1n) is 7.20. The van der Waals surface area contributed by atoms with Crippen LogP contribution in [-0.4, -0.2) is 21.9 Å². The van der Waals surface area contributed by atoms with E-state index in [2.05, 4.69) is 61.0 Å². The lowest BCUT2D eigenvalue weighted by atomic mass is 10.0. The summed E-state index contributed by atoms with van der Waals surface area (Å²) in [5, 5.41) is 8.11. The Hall–Kier alpha value is -0.350. The summed E-state index contributed by atoms with van der Waals surface area (Å²) in [4.78, 5) is 0. The molecule has 0 aliphatic carbocycles. The van der Waals surface area contributed by atoms with Gasteiger partial charge in [-0.1, -0.05) is 13.8 Å². The molecule has 0 fully saturated rings. The average Bonchev–Trinajstić information content (AvgIpc) is 2.54. The Labute approximate surface area is 126 Å². The predicted molar refractivity (Wildman–Crippen MR) is 85.5 cm³/mol. The van der Waals surface area contributed by atoms with Crippen LogP contribution >= 0.6 is 15.9 Å². The van der Waals surface area contributed by atoms with Crippen molar-refractivity contribution in [3.8, 4) is 0 Å². The maximum atomic E-state index is 4.56. The Bertz CT molecular complexity index is 404. The van der Waals surface area contributed by atoms with Gasteiger partial charge >= 0.3 is 0 Å². The highest BCUT2D eigenvalue weighted by atomic mass is 79.9. The molecule has 0 saturated carbocycles. The van der Waals surface area contributed by atoms with E-state index in [1.165, 1.54) is 16.6 Å². The second-order valence-electron chi connectivity index (χ2n) is 6.46. The maximum Gasteiger partial charge on any atom is 0.0766 e. The molecule has 3 nitrogen and oxygen atoms in total.